The summed E-state index contributed by atoms with van der Waals surface area (Å²) >= 11 is 0. The Morgan fingerprint density at radius 1 is 1.33 bits per heavy atom. The normalized spacial score (nSPS) is 22.6. The lowest BCUT2D eigenvalue weighted by atomic mass is 9.94. The van der Waals surface area contributed by atoms with E-state index in [0.717, 1.165) is 12.8 Å². The summed E-state index contributed by atoms with van der Waals surface area (Å²) in [6.45, 7) is 5.70. The highest BCUT2D eigenvalue weighted by Crippen LogP contribution is 2.31. The third-order valence-electron chi connectivity index (χ3n) is 5.59. The number of pyridine rings is 1. The first-order valence-corrected chi connectivity index (χ1v) is 9.32. The van der Waals surface area contributed by atoms with E-state index in [1.165, 1.54) is 0 Å². The number of hydrogen-bond acceptors (Lipinski definition) is 6. The van der Waals surface area contributed by atoms with E-state index < -0.39 is 0 Å². The molecule has 3 saturated heterocycles. The van der Waals surface area contributed by atoms with E-state index in [2.05, 4.69) is 10.1 Å². The van der Waals surface area contributed by atoms with Crippen LogP contribution in [0, 0.1) is 19.8 Å². The molecular weight excluding hydrogens is 348 g/mol. The van der Waals surface area contributed by atoms with Crippen LogP contribution >= 0.6 is 0 Å². The number of piperidine rings is 1. The number of amides is 2. The minimum atomic E-state index is -0.147. The number of rotatable bonds is 4. The van der Waals surface area contributed by atoms with Crippen LogP contribution < -0.4 is 0 Å². The molecule has 0 radical (unpaired) electrons. The lowest BCUT2D eigenvalue weighted by molar-refractivity contribution is -0.140. The summed E-state index contributed by atoms with van der Waals surface area (Å²) in [6, 6.07) is 1.82. The fourth-order valence-electron chi connectivity index (χ4n) is 4.25. The SMILES string of the molecule is COCCN1C(=O)[C@@H]2CC[C@H]1CN(C(=O)c1cc(C)nc3onc(C)c13)C2. The lowest BCUT2D eigenvalue weighted by Gasteiger charge is -2.35. The summed E-state index contributed by atoms with van der Waals surface area (Å²) < 4.78 is 10.4. The molecule has 8 nitrogen and oxygen atoms in total. The van der Waals surface area contributed by atoms with Gasteiger partial charge in [-0.3, -0.25) is 9.59 Å². The molecule has 5 heterocycles. The van der Waals surface area contributed by atoms with Crippen molar-refractivity contribution in [1.29, 1.82) is 0 Å². The van der Waals surface area contributed by atoms with Gasteiger partial charge in [0.2, 0.25) is 5.91 Å². The number of methoxy groups -OCH3 is 1. The maximum atomic E-state index is 13.4. The number of aryl methyl sites for hydroxylation is 2. The summed E-state index contributed by atoms with van der Waals surface area (Å²) in [7, 11) is 1.63. The molecule has 0 aromatic carbocycles. The van der Waals surface area contributed by atoms with Crippen molar-refractivity contribution in [3.8, 4) is 0 Å². The fourth-order valence-corrected chi connectivity index (χ4v) is 4.25. The monoisotopic (exact) mass is 372 g/mol. The summed E-state index contributed by atoms with van der Waals surface area (Å²) in [6.07, 6.45) is 1.74. The molecule has 2 amide bonds. The second-order valence-electron chi connectivity index (χ2n) is 7.42. The van der Waals surface area contributed by atoms with Crippen molar-refractivity contribution in [3.63, 3.8) is 0 Å². The van der Waals surface area contributed by atoms with Gasteiger partial charge in [-0.15, -0.1) is 0 Å². The average Bonchev–Trinajstić information content (AvgIpc) is 2.83. The van der Waals surface area contributed by atoms with Gasteiger partial charge in [0.1, 0.15) is 0 Å². The summed E-state index contributed by atoms with van der Waals surface area (Å²) in [5, 5.41) is 4.62. The molecular formula is C19H24N4O4. The van der Waals surface area contributed by atoms with Gasteiger partial charge in [-0.05, 0) is 32.8 Å². The largest absolute Gasteiger partial charge is 0.383 e. The van der Waals surface area contributed by atoms with Crippen molar-refractivity contribution in [2.75, 3.05) is 33.4 Å². The highest BCUT2D eigenvalue weighted by atomic mass is 16.5. The standard InChI is InChI=1S/C19H24N4O4/c1-11-8-15(16-12(2)21-27-17(16)20-11)19(25)22-9-13-4-5-14(10-22)23(18(13)24)6-7-26-3/h8,13-14H,4-7,9-10H2,1-3H3/t13-,14+/m1/s1. The molecule has 144 valence electrons. The first-order chi connectivity index (χ1) is 13.0. The van der Waals surface area contributed by atoms with Crippen LogP contribution in [0.15, 0.2) is 10.6 Å². The molecule has 27 heavy (non-hydrogen) atoms. The Kier molecular flexibility index (Phi) is 4.59. The molecule has 3 fully saturated rings. The molecule has 2 aromatic rings. The van der Waals surface area contributed by atoms with Crippen LogP contribution in [0.4, 0.5) is 0 Å². The second kappa shape index (κ2) is 6.92. The predicted octanol–water partition coefficient (Wildman–Crippen LogP) is 1.55. The zero-order valence-electron chi connectivity index (χ0n) is 15.9. The number of hydrogen-bond donors (Lipinski definition) is 0. The van der Waals surface area contributed by atoms with Gasteiger partial charge in [0.25, 0.3) is 11.6 Å². The molecule has 2 aromatic heterocycles. The molecule has 0 saturated carbocycles. The van der Waals surface area contributed by atoms with E-state index in [4.69, 9.17) is 9.26 Å². The van der Waals surface area contributed by atoms with Crippen LogP contribution in [0.25, 0.3) is 11.1 Å². The Hall–Kier alpha value is -2.48. The van der Waals surface area contributed by atoms with E-state index in [9.17, 15) is 9.59 Å². The van der Waals surface area contributed by atoms with E-state index >= 15 is 0 Å². The van der Waals surface area contributed by atoms with Gasteiger partial charge in [-0.2, -0.15) is 0 Å². The minimum absolute atomic E-state index is 0.0392. The van der Waals surface area contributed by atoms with Crippen LogP contribution in [0.3, 0.4) is 0 Å². The Bertz CT molecular complexity index is 893. The Balaban J connectivity index is 1.66. The third-order valence-corrected chi connectivity index (χ3v) is 5.59. The number of fused-ring (bicyclic) bond motifs is 5. The van der Waals surface area contributed by atoms with Crippen LogP contribution in [-0.4, -0.2) is 71.1 Å². The Morgan fingerprint density at radius 2 is 2.15 bits per heavy atom. The van der Waals surface area contributed by atoms with Crippen molar-refractivity contribution >= 4 is 22.9 Å². The molecule has 3 aliphatic heterocycles. The van der Waals surface area contributed by atoms with E-state index in [-0.39, 0.29) is 23.8 Å². The molecule has 0 N–H and O–H groups in total. The van der Waals surface area contributed by atoms with Crippen molar-refractivity contribution in [2.24, 2.45) is 5.92 Å². The number of aromatic nitrogens is 2. The Morgan fingerprint density at radius 3 is 2.93 bits per heavy atom. The third kappa shape index (κ3) is 3.07. The highest BCUT2D eigenvalue weighted by molar-refractivity contribution is 6.06. The number of carbonyl (C=O) groups excluding carboxylic acids is 2. The van der Waals surface area contributed by atoms with Crippen molar-refractivity contribution in [3.05, 3.63) is 23.0 Å². The van der Waals surface area contributed by atoms with Crippen LogP contribution in [0.5, 0.6) is 0 Å². The molecule has 8 heteroatoms. The molecule has 0 unspecified atom stereocenters. The van der Waals surface area contributed by atoms with E-state index in [1.54, 1.807) is 13.2 Å². The summed E-state index contributed by atoms with van der Waals surface area (Å²) in [5.74, 6) is -0.0996. The number of carbonyl (C=O) groups is 2. The maximum absolute atomic E-state index is 13.4. The topological polar surface area (TPSA) is 88.8 Å². The van der Waals surface area contributed by atoms with Crippen molar-refractivity contribution in [2.45, 2.75) is 32.7 Å². The summed E-state index contributed by atoms with van der Waals surface area (Å²) in [5.41, 5.74) is 2.29. The highest BCUT2D eigenvalue weighted by Gasteiger charge is 2.42. The van der Waals surface area contributed by atoms with Gasteiger partial charge in [0.15, 0.2) is 0 Å². The van der Waals surface area contributed by atoms with Crippen LogP contribution in [-0.2, 0) is 9.53 Å². The predicted molar refractivity (Wildman–Crippen MR) is 97.3 cm³/mol. The zero-order valence-corrected chi connectivity index (χ0v) is 15.9. The van der Waals surface area contributed by atoms with Crippen molar-refractivity contribution < 1.29 is 18.8 Å². The van der Waals surface area contributed by atoms with Crippen LogP contribution in [0.2, 0.25) is 0 Å². The fraction of sp³-hybridized carbons (Fsp3) is 0.579. The molecule has 0 spiro atoms. The Labute approximate surface area is 157 Å². The van der Waals surface area contributed by atoms with Gasteiger partial charge >= 0.3 is 0 Å². The quantitative estimate of drug-likeness (QED) is 0.809. The van der Waals surface area contributed by atoms with Gasteiger partial charge in [0, 0.05) is 38.5 Å². The van der Waals surface area contributed by atoms with Gasteiger partial charge in [-0.25, -0.2) is 4.98 Å². The second-order valence-corrected chi connectivity index (χ2v) is 7.42. The molecule has 2 atom stereocenters. The van der Waals surface area contributed by atoms with Crippen LogP contribution in [0.1, 0.15) is 34.6 Å². The number of ether oxygens (including phenoxy) is 1. The van der Waals surface area contributed by atoms with E-state index in [0.29, 0.717) is 54.3 Å². The summed E-state index contributed by atoms with van der Waals surface area (Å²) in [4.78, 5) is 34.2. The van der Waals surface area contributed by atoms with E-state index in [1.807, 2.05) is 23.6 Å². The van der Waals surface area contributed by atoms with Gasteiger partial charge in [0.05, 0.1) is 29.2 Å². The first-order valence-electron chi connectivity index (χ1n) is 9.32. The van der Waals surface area contributed by atoms with Gasteiger partial charge in [-0.1, -0.05) is 5.16 Å². The zero-order chi connectivity index (χ0) is 19.1. The number of nitrogens with zero attached hydrogens (tertiary/aromatic N) is 4. The minimum Gasteiger partial charge on any atom is -0.383 e. The maximum Gasteiger partial charge on any atom is 0.258 e. The molecule has 3 aliphatic rings. The molecule has 5 rings (SSSR count). The molecule has 2 bridgehead atoms. The van der Waals surface area contributed by atoms with Gasteiger partial charge < -0.3 is 19.1 Å². The smallest absolute Gasteiger partial charge is 0.258 e. The molecule has 0 aliphatic carbocycles. The lowest BCUT2D eigenvalue weighted by Crippen LogP contribution is -2.49. The average molecular weight is 372 g/mol. The van der Waals surface area contributed by atoms with Crippen molar-refractivity contribution in [1.82, 2.24) is 19.9 Å². The first kappa shape index (κ1) is 17.9.